The molecule has 0 radical (unpaired) electrons. The SMILES string of the molecule is O=c1c(-c2ccccc2)c(C2CCNCC2)on1OC(F)(F)F. The maximum Gasteiger partial charge on any atom is 0.594 e. The van der Waals surface area contributed by atoms with E-state index in [1.165, 1.54) is 0 Å². The molecular weight excluding hydrogens is 313 g/mol. The first kappa shape index (κ1) is 15.7. The van der Waals surface area contributed by atoms with Crippen molar-refractivity contribution in [3.05, 3.63) is 46.4 Å². The van der Waals surface area contributed by atoms with E-state index in [4.69, 9.17) is 4.52 Å². The van der Waals surface area contributed by atoms with Gasteiger partial charge in [0.2, 0.25) is 0 Å². The van der Waals surface area contributed by atoms with E-state index in [-0.39, 0.29) is 22.1 Å². The van der Waals surface area contributed by atoms with Crippen LogP contribution in [0.25, 0.3) is 11.1 Å². The molecule has 3 rings (SSSR count). The van der Waals surface area contributed by atoms with Gasteiger partial charge in [0.15, 0.2) is 5.76 Å². The molecule has 1 aromatic carbocycles. The summed E-state index contributed by atoms with van der Waals surface area (Å²) >= 11 is 0. The van der Waals surface area contributed by atoms with Gasteiger partial charge in [0.25, 0.3) is 0 Å². The Hall–Kier alpha value is -2.22. The maximum absolute atomic E-state index is 12.5. The minimum atomic E-state index is -5.00. The number of hydrogen-bond acceptors (Lipinski definition) is 4. The molecule has 2 heterocycles. The molecular formula is C15H15F3N2O3. The van der Waals surface area contributed by atoms with Gasteiger partial charge in [-0.15, -0.1) is 13.2 Å². The van der Waals surface area contributed by atoms with Crippen LogP contribution < -0.4 is 15.7 Å². The van der Waals surface area contributed by atoms with Crippen molar-refractivity contribution >= 4 is 0 Å². The second-order valence-corrected chi connectivity index (χ2v) is 5.32. The molecule has 1 fully saturated rings. The lowest BCUT2D eigenvalue weighted by Crippen LogP contribution is -2.33. The predicted molar refractivity (Wildman–Crippen MR) is 75.9 cm³/mol. The van der Waals surface area contributed by atoms with Crippen LogP contribution in [-0.2, 0) is 0 Å². The van der Waals surface area contributed by atoms with Gasteiger partial charge in [0.1, 0.15) is 0 Å². The first-order chi connectivity index (χ1) is 11.0. The molecule has 1 aliphatic rings. The number of alkyl halides is 3. The van der Waals surface area contributed by atoms with Crippen LogP contribution in [0.1, 0.15) is 24.5 Å². The second-order valence-electron chi connectivity index (χ2n) is 5.32. The van der Waals surface area contributed by atoms with E-state index in [0.717, 1.165) is 0 Å². The molecule has 2 aromatic rings. The van der Waals surface area contributed by atoms with Crippen LogP contribution in [0.4, 0.5) is 13.2 Å². The fraction of sp³-hybridized carbons (Fsp3) is 0.400. The van der Waals surface area contributed by atoms with Crippen molar-refractivity contribution in [3.63, 3.8) is 0 Å². The van der Waals surface area contributed by atoms with Gasteiger partial charge in [-0.1, -0.05) is 30.3 Å². The first-order valence-corrected chi connectivity index (χ1v) is 7.24. The van der Waals surface area contributed by atoms with Crippen LogP contribution in [0, 0.1) is 0 Å². The molecule has 0 atom stereocenters. The standard InChI is InChI=1S/C15H15F3N2O3/c16-15(17,18)23-20-14(21)12(10-4-2-1-3-5-10)13(22-20)11-6-8-19-9-7-11/h1-5,11,19H,6-9H2. The summed E-state index contributed by atoms with van der Waals surface area (Å²) in [6.07, 6.45) is -3.64. The topological polar surface area (TPSA) is 56.4 Å². The Balaban J connectivity index is 2.09. The van der Waals surface area contributed by atoms with Gasteiger partial charge < -0.3 is 9.84 Å². The smallest absolute Gasteiger partial charge is 0.346 e. The van der Waals surface area contributed by atoms with E-state index in [2.05, 4.69) is 10.2 Å². The minimum Gasteiger partial charge on any atom is -0.346 e. The summed E-state index contributed by atoms with van der Waals surface area (Å²) < 4.78 is 42.5. The zero-order chi connectivity index (χ0) is 16.4. The summed E-state index contributed by atoms with van der Waals surface area (Å²) in [6, 6.07) is 8.51. The summed E-state index contributed by atoms with van der Waals surface area (Å²) in [5.74, 6) is 0.115. The molecule has 23 heavy (non-hydrogen) atoms. The molecule has 124 valence electrons. The maximum atomic E-state index is 12.5. The highest BCUT2D eigenvalue weighted by molar-refractivity contribution is 5.65. The molecule has 0 unspecified atom stereocenters. The van der Waals surface area contributed by atoms with Crippen LogP contribution in [-0.4, -0.2) is 24.4 Å². The Morgan fingerprint density at radius 3 is 2.43 bits per heavy atom. The molecule has 1 saturated heterocycles. The van der Waals surface area contributed by atoms with Gasteiger partial charge >= 0.3 is 11.9 Å². The highest BCUT2D eigenvalue weighted by Crippen LogP contribution is 2.32. The number of benzene rings is 1. The van der Waals surface area contributed by atoms with Crippen LogP contribution in [0.3, 0.4) is 0 Å². The van der Waals surface area contributed by atoms with Crippen LogP contribution in [0.5, 0.6) is 0 Å². The normalized spacial score (nSPS) is 16.5. The van der Waals surface area contributed by atoms with Gasteiger partial charge in [-0.3, -0.25) is 9.63 Å². The third-order valence-corrected chi connectivity index (χ3v) is 3.77. The second kappa shape index (κ2) is 6.11. The van der Waals surface area contributed by atoms with Gasteiger partial charge in [-0.05, 0) is 31.5 Å². The van der Waals surface area contributed by atoms with E-state index in [9.17, 15) is 18.0 Å². The number of piperidine rings is 1. The Labute approximate surface area is 129 Å². The summed E-state index contributed by atoms with van der Waals surface area (Å²) in [7, 11) is 0. The molecule has 1 aromatic heterocycles. The number of hydrogen-bond donors (Lipinski definition) is 1. The fourth-order valence-corrected chi connectivity index (χ4v) is 2.76. The van der Waals surface area contributed by atoms with Crippen LogP contribution in [0.2, 0.25) is 0 Å². The molecule has 0 aliphatic carbocycles. The number of nitrogens with zero attached hydrogens (tertiary/aromatic N) is 1. The number of rotatable bonds is 3. The summed E-state index contributed by atoms with van der Waals surface area (Å²) in [4.78, 5) is 16.0. The lowest BCUT2D eigenvalue weighted by molar-refractivity contribution is -0.347. The lowest BCUT2D eigenvalue weighted by Gasteiger charge is -2.21. The molecule has 0 amide bonds. The van der Waals surface area contributed by atoms with Crippen molar-refractivity contribution in [3.8, 4) is 11.1 Å². The molecule has 1 N–H and O–H groups in total. The van der Waals surface area contributed by atoms with Crippen molar-refractivity contribution in [2.75, 3.05) is 13.1 Å². The molecule has 1 aliphatic heterocycles. The minimum absolute atomic E-state index is 0.0697. The van der Waals surface area contributed by atoms with E-state index < -0.39 is 11.9 Å². The van der Waals surface area contributed by atoms with Crippen molar-refractivity contribution in [1.82, 2.24) is 10.2 Å². The monoisotopic (exact) mass is 328 g/mol. The van der Waals surface area contributed by atoms with Crippen LogP contribution in [0.15, 0.2) is 39.6 Å². The average molecular weight is 328 g/mol. The van der Waals surface area contributed by atoms with E-state index in [1.54, 1.807) is 30.3 Å². The quantitative estimate of drug-likeness (QED) is 0.941. The number of nitrogens with one attached hydrogen (secondary N) is 1. The zero-order valence-electron chi connectivity index (χ0n) is 12.1. The summed E-state index contributed by atoms with van der Waals surface area (Å²) in [5, 5.41) is 3.17. The van der Waals surface area contributed by atoms with Crippen molar-refractivity contribution in [2.24, 2.45) is 0 Å². The third kappa shape index (κ3) is 3.42. The molecule has 0 saturated carbocycles. The Bertz CT molecular complexity index is 716. The number of aromatic nitrogens is 1. The number of halogens is 3. The van der Waals surface area contributed by atoms with E-state index >= 15 is 0 Å². The Kier molecular flexibility index (Phi) is 4.16. The molecule has 5 nitrogen and oxygen atoms in total. The van der Waals surface area contributed by atoms with E-state index in [0.29, 0.717) is 31.5 Å². The van der Waals surface area contributed by atoms with Crippen molar-refractivity contribution in [1.29, 1.82) is 0 Å². The highest BCUT2D eigenvalue weighted by atomic mass is 19.4. The van der Waals surface area contributed by atoms with Gasteiger partial charge in [-0.25, -0.2) is 0 Å². The first-order valence-electron chi connectivity index (χ1n) is 7.24. The molecule has 8 heteroatoms. The van der Waals surface area contributed by atoms with E-state index in [1.807, 2.05) is 0 Å². The van der Waals surface area contributed by atoms with Crippen LogP contribution >= 0.6 is 0 Å². The Morgan fingerprint density at radius 1 is 1.17 bits per heavy atom. The van der Waals surface area contributed by atoms with Gasteiger partial charge in [0.05, 0.1) is 5.56 Å². The summed E-state index contributed by atoms with van der Waals surface area (Å²) in [6.45, 7) is 1.43. The predicted octanol–water partition coefficient (Wildman–Crippen LogP) is 2.52. The van der Waals surface area contributed by atoms with Crippen molar-refractivity contribution < 1.29 is 22.5 Å². The Morgan fingerprint density at radius 2 is 1.83 bits per heavy atom. The van der Waals surface area contributed by atoms with Gasteiger partial charge in [0, 0.05) is 10.8 Å². The fourth-order valence-electron chi connectivity index (χ4n) is 2.76. The molecule has 0 bridgehead atoms. The highest BCUT2D eigenvalue weighted by Gasteiger charge is 2.36. The van der Waals surface area contributed by atoms with Crippen molar-refractivity contribution in [2.45, 2.75) is 25.1 Å². The zero-order valence-corrected chi connectivity index (χ0v) is 12.1. The third-order valence-electron chi connectivity index (χ3n) is 3.77. The lowest BCUT2D eigenvalue weighted by atomic mass is 9.91. The molecule has 0 spiro atoms. The largest absolute Gasteiger partial charge is 0.594 e. The summed E-state index contributed by atoms with van der Waals surface area (Å²) in [5.41, 5.74) is -0.303. The average Bonchev–Trinajstić information content (AvgIpc) is 2.84. The van der Waals surface area contributed by atoms with Gasteiger partial charge in [-0.2, -0.15) is 0 Å².